The standard InChI is InChI=1S/C18H14Br2N2O4.C2H6/c1-2-9-8-21-15-4-3-11(7-12(9)15)26-16-13(19)5-10(6-14(16)20)22-17(23)18(24)25;1-2/h3-8,21H,2H2,1H3,(H,22,23)(H,24,25);1-2H3. The molecule has 3 rings (SSSR count). The van der Waals surface area contributed by atoms with E-state index in [1.807, 2.05) is 38.2 Å². The second kappa shape index (κ2) is 9.75. The number of benzene rings is 2. The van der Waals surface area contributed by atoms with Crippen molar-refractivity contribution in [2.45, 2.75) is 27.2 Å². The fourth-order valence-corrected chi connectivity index (χ4v) is 3.89. The van der Waals surface area contributed by atoms with Crippen LogP contribution in [0.25, 0.3) is 10.9 Å². The number of carbonyl (C=O) groups is 2. The van der Waals surface area contributed by atoms with E-state index in [-0.39, 0.29) is 0 Å². The Morgan fingerprint density at radius 1 is 1.14 bits per heavy atom. The number of aliphatic carboxylic acids is 1. The zero-order chi connectivity index (χ0) is 20.8. The summed E-state index contributed by atoms with van der Waals surface area (Å²) in [6, 6.07) is 8.93. The first-order valence-electron chi connectivity index (χ1n) is 8.70. The summed E-state index contributed by atoms with van der Waals surface area (Å²) >= 11 is 6.79. The van der Waals surface area contributed by atoms with Gasteiger partial charge >= 0.3 is 11.9 Å². The van der Waals surface area contributed by atoms with Gasteiger partial charge in [-0.15, -0.1) is 0 Å². The first-order chi connectivity index (χ1) is 13.4. The maximum atomic E-state index is 11.3. The van der Waals surface area contributed by atoms with E-state index in [1.54, 1.807) is 12.1 Å². The quantitative estimate of drug-likeness (QED) is 0.369. The number of H-pyrrole nitrogens is 1. The lowest BCUT2D eigenvalue weighted by Crippen LogP contribution is -2.21. The Labute approximate surface area is 179 Å². The van der Waals surface area contributed by atoms with Gasteiger partial charge in [-0.05, 0) is 74.2 Å². The Morgan fingerprint density at radius 3 is 2.36 bits per heavy atom. The number of aryl methyl sites for hydroxylation is 1. The molecular weight excluding hydrogens is 492 g/mol. The number of hydrogen-bond donors (Lipinski definition) is 3. The molecule has 1 amide bonds. The highest BCUT2D eigenvalue weighted by molar-refractivity contribution is 9.11. The maximum Gasteiger partial charge on any atom is 0.394 e. The van der Waals surface area contributed by atoms with Crippen LogP contribution >= 0.6 is 31.9 Å². The summed E-state index contributed by atoms with van der Waals surface area (Å²) in [6.45, 7) is 6.09. The lowest BCUT2D eigenvalue weighted by Gasteiger charge is -2.12. The van der Waals surface area contributed by atoms with Crippen molar-refractivity contribution in [2.75, 3.05) is 5.32 Å². The van der Waals surface area contributed by atoms with Crippen LogP contribution in [0, 0.1) is 0 Å². The van der Waals surface area contributed by atoms with Crippen molar-refractivity contribution in [3.8, 4) is 11.5 Å². The van der Waals surface area contributed by atoms with Gasteiger partial charge in [0.25, 0.3) is 0 Å². The summed E-state index contributed by atoms with van der Waals surface area (Å²) in [5.41, 5.74) is 2.58. The van der Waals surface area contributed by atoms with Crippen LogP contribution in [0.1, 0.15) is 26.3 Å². The predicted octanol–water partition coefficient (Wildman–Crippen LogP) is 6.10. The zero-order valence-corrected chi connectivity index (χ0v) is 18.8. The monoisotopic (exact) mass is 510 g/mol. The molecule has 0 saturated heterocycles. The van der Waals surface area contributed by atoms with Gasteiger partial charge in [-0.25, -0.2) is 4.79 Å². The number of anilines is 1. The summed E-state index contributed by atoms with van der Waals surface area (Å²) in [5, 5.41) is 12.1. The maximum absolute atomic E-state index is 11.3. The van der Waals surface area contributed by atoms with Crippen LogP contribution in [0.3, 0.4) is 0 Å². The van der Waals surface area contributed by atoms with Crippen LogP contribution in [0.5, 0.6) is 11.5 Å². The Bertz CT molecular complexity index is 992. The first kappa shape index (κ1) is 22.0. The topological polar surface area (TPSA) is 91.4 Å². The molecule has 0 atom stereocenters. The highest BCUT2D eigenvalue weighted by Gasteiger charge is 2.15. The van der Waals surface area contributed by atoms with E-state index in [9.17, 15) is 9.59 Å². The summed E-state index contributed by atoms with van der Waals surface area (Å²) in [6.07, 6.45) is 2.90. The Kier molecular flexibility index (Phi) is 7.65. The van der Waals surface area contributed by atoms with E-state index in [0.717, 1.165) is 17.3 Å². The number of carbonyl (C=O) groups excluding carboxylic acids is 1. The smallest absolute Gasteiger partial charge is 0.394 e. The molecule has 0 fully saturated rings. The third-order valence-corrected chi connectivity index (χ3v) is 4.97. The molecule has 1 heterocycles. The number of hydrogen-bond acceptors (Lipinski definition) is 3. The van der Waals surface area contributed by atoms with Gasteiger partial charge in [-0.3, -0.25) is 4.79 Å². The van der Waals surface area contributed by atoms with Gasteiger partial charge in [0.2, 0.25) is 0 Å². The van der Waals surface area contributed by atoms with Gasteiger partial charge in [0, 0.05) is 22.8 Å². The molecule has 0 unspecified atom stereocenters. The molecule has 148 valence electrons. The van der Waals surface area contributed by atoms with Crippen molar-refractivity contribution in [3.63, 3.8) is 0 Å². The highest BCUT2D eigenvalue weighted by atomic mass is 79.9. The predicted molar refractivity (Wildman–Crippen MR) is 117 cm³/mol. The number of fused-ring (bicyclic) bond motifs is 1. The molecule has 0 radical (unpaired) electrons. The molecule has 0 bridgehead atoms. The number of aromatic amines is 1. The SMILES string of the molecule is CC.CCc1c[nH]c2ccc(Oc3c(Br)cc(NC(=O)C(=O)O)cc3Br)cc12. The Hall–Kier alpha value is -2.32. The van der Waals surface area contributed by atoms with E-state index in [1.165, 1.54) is 5.56 Å². The minimum atomic E-state index is -1.55. The van der Waals surface area contributed by atoms with Crippen molar-refractivity contribution >= 4 is 60.3 Å². The number of ether oxygens (including phenoxy) is 1. The van der Waals surface area contributed by atoms with E-state index in [2.05, 4.69) is 49.1 Å². The van der Waals surface area contributed by atoms with Crippen molar-refractivity contribution < 1.29 is 19.4 Å². The second-order valence-electron chi connectivity index (χ2n) is 5.51. The van der Waals surface area contributed by atoms with Crippen LogP contribution in [-0.4, -0.2) is 22.0 Å². The summed E-state index contributed by atoms with van der Waals surface area (Å²) in [5.74, 6) is -1.48. The van der Waals surface area contributed by atoms with E-state index in [4.69, 9.17) is 9.84 Å². The molecule has 0 saturated carbocycles. The molecule has 8 heteroatoms. The average Bonchev–Trinajstić information content (AvgIpc) is 3.08. The lowest BCUT2D eigenvalue weighted by molar-refractivity contribution is -0.147. The van der Waals surface area contributed by atoms with Crippen LogP contribution in [0.2, 0.25) is 0 Å². The van der Waals surface area contributed by atoms with E-state index >= 15 is 0 Å². The largest absolute Gasteiger partial charge is 0.474 e. The van der Waals surface area contributed by atoms with Crippen molar-refractivity contribution in [1.82, 2.24) is 4.98 Å². The minimum absolute atomic E-state index is 0.331. The minimum Gasteiger partial charge on any atom is -0.474 e. The molecule has 0 aliphatic carbocycles. The molecule has 28 heavy (non-hydrogen) atoms. The summed E-state index contributed by atoms with van der Waals surface area (Å²) in [7, 11) is 0. The Morgan fingerprint density at radius 2 is 1.79 bits per heavy atom. The van der Waals surface area contributed by atoms with E-state index in [0.29, 0.717) is 26.1 Å². The normalized spacial score (nSPS) is 10.2. The van der Waals surface area contributed by atoms with Gasteiger partial charge in [0.05, 0.1) is 8.95 Å². The molecule has 1 aromatic heterocycles. The lowest BCUT2D eigenvalue weighted by atomic mass is 10.1. The molecule has 3 N–H and O–H groups in total. The second-order valence-corrected chi connectivity index (χ2v) is 7.21. The summed E-state index contributed by atoms with van der Waals surface area (Å²) in [4.78, 5) is 25.2. The van der Waals surface area contributed by atoms with Crippen LogP contribution in [-0.2, 0) is 16.0 Å². The molecular formula is C20H20Br2N2O4. The number of amides is 1. The van der Waals surface area contributed by atoms with Crippen LogP contribution < -0.4 is 10.1 Å². The highest BCUT2D eigenvalue weighted by Crippen LogP contribution is 2.40. The van der Waals surface area contributed by atoms with Crippen molar-refractivity contribution in [1.29, 1.82) is 0 Å². The average molecular weight is 512 g/mol. The number of halogens is 2. The van der Waals surface area contributed by atoms with Gasteiger partial charge in [-0.1, -0.05) is 20.8 Å². The summed E-state index contributed by atoms with van der Waals surface area (Å²) < 4.78 is 7.12. The number of nitrogens with one attached hydrogen (secondary N) is 2. The molecule has 3 aromatic rings. The van der Waals surface area contributed by atoms with Crippen LogP contribution in [0.15, 0.2) is 45.5 Å². The number of carboxylic acids is 1. The van der Waals surface area contributed by atoms with Crippen molar-refractivity contribution in [2.24, 2.45) is 0 Å². The number of aromatic nitrogens is 1. The fourth-order valence-electron chi connectivity index (χ4n) is 2.55. The molecule has 0 aliphatic heterocycles. The first-order valence-corrected chi connectivity index (χ1v) is 10.3. The van der Waals surface area contributed by atoms with Gasteiger partial charge < -0.3 is 20.1 Å². The third-order valence-electron chi connectivity index (χ3n) is 3.79. The fraction of sp³-hybridized carbons (Fsp3) is 0.200. The van der Waals surface area contributed by atoms with Gasteiger partial charge in [0.1, 0.15) is 5.75 Å². The van der Waals surface area contributed by atoms with E-state index < -0.39 is 11.9 Å². The van der Waals surface area contributed by atoms with Gasteiger partial charge in [-0.2, -0.15) is 0 Å². The van der Waals surface area contributed by atoms with Crippen LogP contribution in [0.4, 0.5) is 5.69 Å². The zero-order valence-electron chi connectivity index (χ0n) is 15.6. The Balaban J connectivity index is 0.00000136. The number of rotatable bonds is 4. The third kappa shape index (κ3) is 4.94. The molecule has 0 aliphatic rings. The number of carboxylic acid groups (broad SMARTS) is 1. The molecule has 2 aromatic carbocycles. The van der Waals surface area contributed by atoms with Gasteiger partial charge in [0.15, 0.2) is 5.75 Å². The van der Waals surface area contributed by atoms with Crippen molar-refractivity contribution in [3.05, 3.63) is 51.0 Å². The molecule has 6 nitrogen and oxygen atoms in total. The molecule has 0 spiro atoms.